The van der Waals surface area contributed by atoms with Crippen molar-refractivity contribution in [2.75, 3.05) is 32.0 Å². The fourth-order valence-electron chi connectivity index (χ4n) is 2.12. The summed E-state index contributed by atoms with van der Waals surface area (Å²) in [6.07, 6.45) is 0. The molecule has 1 aromatic carbocycles. The van der Waals surface area contributed by atoms with Crippen molar-refractivity contribution < 1.29 is 23.5 Å². The Morgan fingerprint density at radius 3 is 2.04 bits per heavy atom. The molecule has 8 nitrogen and oxygen atoms in total. The van der Waals surface area contributed by atoms with Crippen molar-refractivity contribution in [1.82, 2.24) is 5.16 Å². The number of ether oxygens (including phenoxy) is 3. The van der Waals surface area contributed by atoms with Crippen LogP contribution in [0.4, 0.5) is 16.3 Å². The number of amides is 2. The molecule has 0 aliphatic rings. The van der Waals surface area contributed by atoms with Crippen LogP contribution in [-0.4, -0.2) is 32.5 Å². The van der Waals surface area contributed by atoms with Gasteiger partial charge in [-0.25, -0.2) is 4.79 Å². The number of hydrogen-bond acceptors (Lipinski definition) is 6. The summed E-state index contributed by atoms with van der Waals surface area (Å²) in [4.78, 5) is 12.2. The lowest BCUT2D eigenvalue weighted by molar-refractivity contribution is 0.261. The Kier molecular flexibility index (Phi) is 5.41. The molecule has 1 aromatic heterocycles. The third-order valence-corrected chi connectivity index (χ3v) is 3.41. The van der Waals surface area contributed by atoms with E-state index in [1.165, 1.54) is 21.3 Å². The van der Waals surface area contributed by atoms with Crippen LogP contribution in [0.1, 0.15) is 26.5 Å². The third-order valence-electron chi connectivity index (χ3n) is 3.41. The Morgan fingerprint density at radius 1 is 1.00 bits per heavy atom. The molecule has 0 spiro atoms. The number of methoxy groups -OCH3 is 3. The van der Waals surface area contributed by atoms with Gasteiger partial charge in [0, 0.05) is 23.6 Å². The summed E-state index contributed by atoms with van der Waals surface area (Å²) in [6, 6.07) is 4.48. The third kappa shape index (κ3) is 4.34. The molecule has 8 heteroatoms. The first kappa shape index (κ1) is 18.4. The molecule has 0 unspecified atom stereocenters. The molecule has 0 saturated heterocycles. The van der Waals surface area contributed by atoms with E-state index in [2.05, 4.69) is 15.8 Å². The highest BCUT2D eigenvalue weighted by Crippen LogP contribution is 2.39. The Hall–Kier alpha value is -2.90. The van der Waals surface area contributed by atoms with Gasteiger partial charge in [0.05, 0.1) is 27.0 Å². The fraction of sp³-hybridized carbons (Fsp3) is 0.412. The Morgan fingerprint density at radius 2 is 1.60 bits per heavy atom. The first-order valence-electron chi connectivity index (χ1n) is 7.63. The van der Waals surface area contributed by atoms with Crippen LogP contribution >= 0.6 is 0 Å². The number of nitrogens with one attached hydrogen (secondary N) is 2. The quantitative estimate of drug-likeness (QED) is 0.856. The van der Waals surface area contributed by atoms with Crippen LogP contribution in [-0.2, 0) is 5.41 Å². The number of anilines is 2. The zero-order valence-electron chi connectivity index (χ0n) is 15.2. The van der Waals surface area contributed by atoms with Crippen LogP contribution in [0.2, 0.25) is 0 Å². The van der Waals surface area contributed by atoms with Gasteiger partial charge in [0.1, 0.15) is 5.76 Å². The second-order valence-corrected chi connectivity index (χ2v) is 6.32. The van der Waals surface area contributed by atoms with Gasteiger partial charge in [0.25, 0.3) is 0 Å². The number of nitrogens with zero attached hydrogens (tertiary/aromatic N) is 1. The first-order valence-corrected chi connectivity index (χ1v) is 7.63. The van der Waals surface area contributed by atoms with Crippen molar-refractivity contribution in [2.45, 2.75) is 26.2 Å². The van der Waals surface area contributed by atoms with E-state index in [-0.39, 0.29) is 5.41 Å². The highest BCUT2D eigenvalue weighted by molar-refractivity contribution is 5.99. The number of carbonyl (C=O) groups is 1. The zero-order valence-corrected chi connectivity index (χ0v) is 15.2. The number of rotatable bonds is 5. The van der Waals surface area contributed by atoms with Gasteiger partial charge >= 0.3 is 6.03 Å². The highest BCUT2D eigenvalue weighted by Gasteiger charge is 2.20. The monoisotopic (exact) mass is 349 g/mol. The van der Waals surface area contributed by atoms with Crippen LogP contribution in [0.25, 0.3) is 0 Å². The molecular formula is C17H23N3O5. The SMILES string of the molecule is COc1cc(NC(=O)Nc2cc(C(C)(C)C)on2)cc(OC)c1OC. The molecular weight excluding hydrogens is 326 g/mol. The minimum Gasteiger partial charge on any atom is -0.493 e. The van der Waals surface area contributed by atoms with Crippen LogP contribution in [0.15, 0.2) is 22.7 Å². The standard InChI is InChI=1S/C17H23N3O5/c1-17(2,3)13-9-14(20-25-13)19-16(21)18-10-7-11(22-4)15(24-6)12(8-10)23-5/h7-9H,1-6H3,(H2,18,19,20,21). The molecule has 0 atom stereocenters. The Balaban J connectivity index is 2.14. The van der Waals surface area contributed by atoms with Crippen molar-refractivity contribution in [1.29, 1.82) is 0 Å². The molecule has 0 saturated carbocycles. The van der Waals surface area contributed by atoms with Crippen molar-refractivity contribution in [3.63, 3.8) is 0 Å². The lowest BCUT2D eigenvalue weighted by Crippen LogP contribution is -2.19. The van der Waals surface area contributed by atoms with Gasteiger partial charge in [-0.1, -0.05) is 25.9 Å². The van der Waals surface area contributed by atoms with Crippen molar-refractivity contribution in [3.05, 3.63) is 24.0 Å². The topological polar surface area (TPSA) is 94.9 Å². The van der Waals surface area contributed by atoms with Crippen molar-refractivity contribution in [2.24, 2.45) is 0 Å². The molecule has 2 amide bonds. The van der Waals surface area contributed by atoms with Crippen molar-refractivity contribution >= 4 is 17.5 Å². The number of aromatic nitrogens is 1. The molecule has 136 valence electrons. The van der Waals surface area contributed by atoms with E-state index in [1.807, 2.05) is 20.8 Å². The zero-order chi connectivity index (χ0) is 18.6. The van der Waals surface area contributed by atoms with Crippen LogP contribution < -0.4 is 24.8 Å². The molecule has 2 aromatic rings. The van der Waals surface area contributed by atoms with Crippen LogP contribution in [0.5, 0.6) is 17.2 Å². The van der Waals surface area contributed by atoms with E-state index >= 15 is 0 Å². The molecule has 0 aliphatic carbocycles. The molecule has 0 fully saturated rings. The number of hydrogen-bond donors (Lipinski definition) is 2. The predicted molar refractivity (Wildman–Crippen MR) is 93.9 cm³/mol. The normalized spacial score (nSPS) is 11.0. The molecule has 0 bridgehead atoms. The average molecular weight is 349 g/mol. The smallest absolute Gasteiger partial charge is 0.324 e. The average Bonchev–Trinajstić information content (AvgIpc) is 3.02. The summed E-state index contributed by atoms with van der Waals surface area (Å²) in [6.45, 7) is 5.98. The lowest BCUT2D eigenvalue weighted by atomic mass is 9.93. The maximum Gasteiger partial charge on any atom is 0.324 e. The summed E-state index contributed by atoms with van der Waals surface area (Å²) in [5.74, 6) is 2.33. The van der Waals surface area contributed by atoms with E-state index in [0.29, 0.717) is 34.5 Å². The highest BCUT2D eigenvalue weighted by atomic mass is 16.5. The van der Waals surface area contributed by atoms with Gasteiger partial charge in [-0.05, 0) is 0 Å². The van der Waals surface area contributed by atoms with E-state index in [4.69, 9.17) is 18.7 Å². The first-order chi connectivity index (χ1) is 11.8. The number of urea groups is 1. The van der Waals surface area contributed by atoms with E-state index < -0.39 is 6.03 Å². The van der Waals surface area contributed by atoms with Gasteiger partial charge in [0.15, 0.2) is 17.3 Å². The molecule has 0 radical (unpaired) electrons. The van der Waals surface area contributed by atoms with Crippen LogP contribution in [0.3, 0.4) is 0 Å². The molecule has 2 N–H and O–H groups in total. The van der Waals surface area contributed by atoms with Gasteiger partial charge in [-0.2, -0.15) is 0 Å². The second kappa shape index (κ2) is 7.33. The molecule has 2 rings (SSSR count). The number of benzene rings is 1. The van der Waals surface area contributed by atoms with Gasteiger partial charge in [-0.15, -0.1) is 0 Å². The lowest BCUT2D eigenvalue weighted by Gasteiger charge is -2.14. The van der Waals surface area contributed by atoms with E-state index in [9.17, 15) is 4.79 Å². The van der Waals surface area contributed by atoms with Gasteiger partial charge in [0.2, 0.25) is 5.75 Å². The number of carbonyl (C=O) groups excluding carboxylic acids is 1. The molecule has 25 heavy (non-hydrogen) atoms. The molecule has 1 heterocycles. The van der Waals surface area contributed by atoms with Gasteiger partial charge in [-0.3, -0.25) is 5.32 Å². The van der Waals surface area contributed by atoms with E-state index in [0.717, 1.165) is 0 Å². The predicted octanol–water partition coefficient (Wildman–Crippen LogP) is 3.64. The summed E-state index contributed by atoms with van der Waals surface area (Å²) in [5.41, 5.74) is 0.284. The van der Waals surface area contributed by atoms with Crippen LogP contribution in [0, 0.1) is 0 Å². The van der Waals surface area contributed by atoms with Crippen molar-refractivity contribution in [3.8, 4) is 17.2 Å². The minimum atomic E-state index is -0.469. The maximum atomic E-state index is 12.2. The summed E-state index contributed by atoms with van der Waals surface area (Å²) in [7, 11) is 4.52. The summed E-state index contributed by atoms with van der Waals surface area (Å²) >= 11 is 0. The summed E-state index contributed by atoms with van der Waals surface area (Å²) in [5, 5.41) is 9.15. The molecule has 0 aliphatic heterocycles. The fourth-order valence-corrected chi connectivity index (χ4v) is 2.12. The Labute approximate surface area is 146 Å². The second-order valence-electron chi connectivity index (χ2n) is 6.32. The maximum absolute atomic E-state index is 12.2. The largest absolute Gasteiger partial charge is 0.493 e. The van der Waals surface area contributed by atoms with Gasteiger partial charge < -0.3 is 24.1 Å². The Bertz CT molecular complexity index is 724. The minimum absolute atomic E-state index is 0.194. The van der Waals surface area contributed by atoms with E-state index in [1.54, 1.807) is 18.2 Å². The summed E-state index contributed by atoms with van der Waals surface area (Å²) < 4.78 is 21.0.